The molecule has 1 heterocycles. The first kappa shape index (κ1) is 19.5. The molecule has 0 aliphatic heterocycles. The lowest BCUT2D eigenvalue weighted by Crippen LogP contribution is -2.34. The van der Waals surface area contributed by atoms with E-state index in [1.54, 1.807) is 11.3 Å². The van der Waals surface area contributed by atoms with Gasteiger partial charge in [-0.2, -0.15) is 0 Å². The predicted molar refractivity (Wildman–Crippen MR) is 105 cm³/mol. The Balaban J connectivity index is 1.85. The Labute approximate surface area is 154 Å². The highest BCUT2D eigenvalue weighted by atomic mass is 32.1. The van der Waals surface area contributed by atoms with Crippen molar-refractivity contribution in [2.75, 3.05) is 27.2 Å². The minimum absolute atomic E-state index is 0.0547. The number of unbranched alkanes of at least 4 members (excludes halogenated alkanes) is 2. The summed E-state index contributed by atoms with van der Waals surface area (Å²) in [6, 6.07) is 11.7. The number of carbonyl (C=O) groups excluding carboxylic acids is 1. The summed E-state index contributed by atoms with van der Waals surface area (Å²) in [5, 5.41) is 5.10. The summed E-state index contributed by atoms with van der Waals surface area (Å²) in [6.07, 6.45) is 3.42. The first-order valence-corrected chi connectivity index (χ1v) is 9.70. The molecule has 5 heteroatoms. The third-order valence-corrected chi connectivity index (χ3v) is 5.06. The molecule has 0 saturated carbocycles. The van der Waals surface area contributed by atoms with Crippen molar-refractivity contribution in [3.63, 3.8) is 0 Å². The van der Waals surface area contributed by atoms with Crippen molar-refractivity contribution in [2.24, 2.45) is 0 Å². The fourth-order valence-corrected chi connectivity index (χ4v) is 3.48. The van der Waals surface area contributed by atoms with Crippen LogP contribution in [-0.4, -0.2) is 38.1 Å². The molecule has 0 saturated heterocycles. The van der Waals surface area contributed by atoms with Crippen molar-refractivity contribution in [1.82, 2.24) is 10.2 Å². The summed E-state index contributed by atoms with van der Waals surface area (Å²) < 4.78 is 5.68. The van der Waals surface area contributed by atoms with E-state index in [0.29, 0.717) is 12.1 Å². The molecule has 1 amide bonds. The summed E-state index contributed by atoms with van der Waals surface area (Å²) in [4.78, 5) is 15.8. The van der Waals surface area contributed by atoms with Gasteiger partial charge in [-0.25, -0.2) is 0 Å². The van der Waals surface area contributed by atoms with Gasteiger partial charge in [0.25, 0.3) is 5.91 Å². The predicted octanol–water partition coefficient (Wildman–Crippen LogP) is 4.35. The average molecular weight is 361 g/mol. The van der Waals surface area contributed by atoms with E-state index in [1.807, 2.05) is 44.4 Å². The molecule has 0 aliphatic carbocycles. The molecule has 136 valence electrons. The number of hydrogen-bond donors (Lipinski definition) is 1. The van der Waals surface area contributed by atoms with Crippen LogP contribution in [0.4, 0.5) is 0 Å². The van der Waals surface area contributed by atoms with Crippen molar-refractivity contribution >= 4 is 17.2 Å². The van der Waals surface area contributed by atoms with E-state index in [4.69, 9.17) is 4.74 Å². The van der Waals surface area contributed by atoms with E-state index in [2.05, 4.69) is 28.6 Å². The van der Waals surface area contributed by atoms with Crippen molar-refractivity contribution in [2.45, 2.75) is 32.2 Å². The number of thiophene rings is 1. The minimum Gasteiger partial charge on any atom is -0.494 e. The van der Waals surface area contributed by atoms with Crippen LogP contribution in [-0.2, 0) is 0 Å². The van der Waals surface area contributed by atoms with E-state index in [9.17, 15) is 4.79 Å². The van der Waals surface area contributed by atoms with Crippen LogP contribution in [0.5, 0.6) is 5.75 Å². The summed E-state index contributed by atoms with van der Waals surface area (Å²) in [5.74, 6) is 0.762. The fraction of sp³-hybridized carbons (Fsp3) is 0.450. The third kappa shape index (κ3) is 6.18. The summed E-state index contributed by atoms with van der Waals surface area (Å²) in [5.41, 5.74) is 0.657. The molecule has 0 fully saturated rings. The monoisotopic (exact) mass is 360 g/mol. The molecule has 2 aromatic rings. The lowest BCUT2D eigenvalue weighted by atomic mass is 10.2. The number of hydrogen-bond acceptors (Lipinski definition) is 4. The van der Waals surface area contributed by atoms with Gasteiger partial charge in [0.2, 0.25) is 0 Å². The first-order valence-electron chi connectivity index (χ1n) is 8.82. The van der Waals surface area contributed by atoms with Crippen LogP contribution in [0.15, 0.2) is 41.8 Å². The lowest BCUT2D eigenvalue weighted by Gasteiger charge is -2.23. The second kappa shape index (κ2) is 10.2. The number of carbonyl (C=O) groups is 1. The number of nitrogens with zero attached hydrogens (tertiary/aromatic N) is 1. The van der Waals surface area contributed by atoms with Crippen molar-refractivity contribution in [1.29, 1.82) is 0 Å². The molecule has 0 aliphatic rings. The van der Waals surface area contributed by atoms with Crippen molar-refractivity contribution in [3.8, 4) is 5.75 Å². The fourth-order valence-electron chi connectivity index (χ4n) is 2.55. The molecular weight excluding hydrogens is 332 g/mol. The van der Waals surface area contributed by atoms with Gasteiger partial charge in [-0.05, 0) is 56.2 Å². The van der Waals surface area contributed by atoms with Gasteiger partial charge in [-0.1, -0.05) is 25.8 Å². The molecule has 1 unspecified atom stereocenters. The lowest BCUT2D eigenvalue weighted by molar-refractivity contribution is 0.0942. The number of ether oxygens (including phenoxy) is 1. The Morgan fingerprint density at radius 2 is 1.96 bits per heavy atom. The van der Waals surface area contributed by atoms with Crippen LogP contribution in [0.1, 0.15) is 47.5 Å². The Kier molecular flexibility index (Phi) is 7.95. The maximum Gasteiger partial charge on any atom is 0.251 e. The SMILES string of the molecule is CCCCCOc1ccc(C(=O)NCC(c2cccs2)N(C)C)cc1. The molecule has 25 heavy (non-hydrogen) atoms. The van der Waals surface area contributed by atoms with Gasteiger partial charge in [-0.3, -0.25) is 4.79 Å². The van der Waals surface area contributed by atoms with Gasteiger partial charge in [-0.15, -0.1) is 11.3 Å². The topological polar surface area (TPSA) is 41.6 Å². The smallest absolute Gasteiger partial charge is 0.251 e. The zero-order valence-corrected chi connectivity index (χ0v) is 16.1. The van der Waals surface area contributed by atoms with Gasteiger partial charge in [0, 0.05) is 17.0 Å². The number of nitrogens with one attached hydrogen (secondary N) is 1. The molecule has 1 atom stereocenters. The van der Waals surface area contributed by atoms with Gasteiger partial charge in [0.15, 0.2) is 0 Å². The number of benzene rings is 1. The highest BCUT2D eigenvalue weighted by molar-refractivity contribution is 7.10. The van der Waals surface area contributed by atoms with Crippen molar-refractivity contribution in [3.05, 3.63) is 52.2 Å². The second-order valence-electron chi connectivity index (χ2n) is 6.28. The maximum atomic E-state index is 12.4. The molecule has 0 bridgehead atoms. The Morgan fingerprint density at radius 3 is 2.56 bits per heavy atom. The van der Waals surface area contributed by atoms with E-state index >= 15 is 0 Å². The molecule has 1 N–H and O–H groups in total. The average Bonchev–Trinajstić information content (AvgIpc) is 3.13. The zero-order valence-electron chi connectivity index (χ0n) is 15.3. The number of likely N-dealkylation sites (N-methyl/N-ethyl adjacent to an activating group) is 1. The molecular formula is C20H28N2O2S. The number of amides is 1. The summed E-state index contributed by atoms with van der Waals surface area (Å²) >= 11 is 1.71. The van der Waals surface area contributed by atoms with E-state index in [-0.39, 0.29) is 11.9 Å². The van der Waals surface area contributed by atoms with E-state index in [0.717, 1.165) is 18.8 Å². The normalized spacial score (nSPS) is 12.2. The Morgan fingerprint density at radius 1 is 1.20 bits per heavy atom. The summed E-state index contributed by atoms with van der Waals surface area (Å²) in [6.45, 7) is 3.49. The van der Waals surface area contributed by atoms with Crippen LogP contribution >= 0.6 is 11.3 Å². The van der Waals surface area contributed by atoms with Gasteiger partial charge in [0.1, 0.15) is 5.75 Å². The van der Waals surface area contributed by atoms with Gasteiger partial charge in [0.05, 0.1) is 12.6 Å². The van der Waals surface area contributed by atoms with Crippen LogP contribution in [0.25, 0.3) is 0 Å². The highest BCUT2D eigenvalue weighted by Crippen LogP contribution is 2.22. The number of rotatable bonds is 10. The quantitative estimate of drug-likeness (QED) is 0.641. The highest BCUT2D eigenvalue weighted by Gasteiger charge is 2.16. The minimum atomic E-state index is -0.0547. The first-order chi connectivity index (χ1) is 12.1. The van der Waals surface area contributed by atoms with E-state index < -0.39 is 0 Å². The molecule has 0 radical (unpaired) electrons. The summed E-state index contributed by atoms with van der Waals surface area (Å²) in [7, 11) is 4.06. The second-order valence-corrected chi connectivity index (χ2v) is 7.26. The maximum absolute atomic E-state index is 12.4. The zero-order chi connectivity index (χ0) is 18.1. The Hall–Kier alpha value is -1.85. The largest absolute Gasteiger partial charge is 0.494 e. The molecule has 4 nitrogen and oxygen atoms in total. The van der Waals surface area contributed by atoms with Crippen LogP contribution in [0, 0.1) is 0 Å². The standard InChI is InChI=1S/C20H28N2O2S/c1-4-5-6-13-24-17-11-9-16(10-12-17)20(23)21-15-18(22(2)3)19-8-7-14-25-19/h7-12,14,18H,4-6,13,15H2,1-3H3,(H,21,23). The molecule has 1 aromatic carbocycles. The van der Waals surface area contributed by atoms with Crippen LogP contribution in [0.2, 0.25) is 0 Å². The van der Waals surface area contributed by atoms with Gasteiger partial charge >= 0.3 is 0 Å². The molecule has 2 rings (SSSR count). The van der Waals surface area contributed by atoms with Crippen LogP contribution in [0.3, 0.4) is 0 Å². The van der Waals surface area contributed by atoms with E-state index in [1.165, 1.54) is 17.7 Å². The van der Waals surface area contributed by atoms with Crippen molar-refractivity contribution < 1.29 is 9.53 Å². The molecule has 0 spiro atoms. The van der Waals surface area contributed by atoms with Gasteiger partial charge < -0.3 is 15.0 Å². The third-order valence-electron chi connectivity index (χ3n) is 4.08. The molecule has 1 aromatic heterocycles. The Bertz CT molecular complexity index is 624. The van der Waals surface area contributed by atoms with Crippen LogP contribution < -0.4 is 10.1 Å².